The van der Waals surface area contributed by atoms with Gasteiger partial charge < -0.3 is 15.5 Å². The summed E-state index contributed by atoms with van der Waals surface area (Å²) in [5.41, 5.74) is 3.97. The Bertz CT molecular complexity index is 1230. The fraction of sp³-hybridized carbons (Fsp3) is 0.481. The van der Waals surface area contributed by atoms with Crippen LogP contribution in [-0.2, 0) is 4.79 Å². The zero-order valence-electron chi connectivity index (χ0n) is 20.7. The Morgan fingerprint density at radius 1 is 1.06 bits per heavy atom. The molecule has 35 heavy (non-hydrogen) atoms. The SMILES string of the molecule is CC(C)(C)CN1CCC(NC(=O)c2n[nH]c3ccc(-c4cncc(NC(=O)C5CC5)c4)cc23)CC1. The van der Waals surface area contributed by atoms with Crippen molar-refractivity contribution in [1.82, 2.24) is 25.4 Å². The minimum absolute atomic E-state index is 0.0532. The van der Waals surface area contributed by atoms with Gasteiger partial charge in [-0.15, -0.1) is 0 Å². The van der Waals surface area contributed by atoms with Gasteiger partial charge in [-0.05, 0) is 54.9 Å². The summed E-state index contributed by atoms with van der Waals surface area (Å²) in [5.74, 6) is 0.0383. The molecule has 2 fully saturated rings. The number of benzene rings is 1. The van der Waals surface area contributed by atoms with E-state index in [4.69, 9.17) is 0 Å². The van der Waals surface area contributed by atoms with Crippen molar-refractivity contribution in [2.45, 2.75) is 52.5 Å². The third-order valence-corrected chi connectivity index (χ3v) is 6.69. The summed E-state index contributed by atoms with van der Waals surface area (Å²) >= 11 is 0. The summed E-state index contributed by atoms with van der Waals surface area (Å²) in [7, 11) is 0. The highest BCUT2D eigenvalue weighted by Crippen LogP contribution is 2.31. The van der Waals surface area contributed by atoms with Gasteiger partial charge in [-0.25, -0.2) is 0 Å². The molecule has 1 aliphatic heterocycles. The molecule has 3 heterocycles. The number of aromatic amines is 1. The standard InChI is InChI=1S/C27H34N6O2/c1-27(2,3)16-33-10-8-20(9-11-33)29-26(35)24-22-13-18(6-7-23(22)31-32-24)19-12-21(15-28-14-19)30-25(34)17-4-5-17/h6-7,12-15,17,20H,4-5,8-11,16H2,1-3H3,(H,29,35)(H,30,34)(H,31,32). The van der Waals surface area contributed by atoms with Crippen LogP contribution in [0.3, 0.4) is 0 Å². The second-order valence-corrected chi connectivity index (χ2v) is 11.1. The fourth-order valence-electron chi connectivity index (χ4n) is 4.78. The van der Waals surface area contributed by atoms with Gasteiger partial charge in [0.05, 0.1) is 17.4 Å². The molecule has 0 radical (unpaired) electrons. The summed E-state index contributed by atoms with van der Waals surface area (Å²) in [4.78, 5) is 32.0. The third-order valence-electron chi connectivity index (χ3n) is 6.69. The zero-order valence-corrected chi connectivity index (χ0v) is 20.7. The number of hydrogen-bond acceptors (Lipinski definition) is 5. The van der Waals surface area contributed by atoms with E-state index in [-0.39, 0.29) is 29.2 Å². The van der Waals surface area contributed by atoms with Crippen molar-refractivity contribution in [2.75, 3.05) is 25.0 Å². The monoisotopic (exact) mass is 474 g/mol. The number of carbonyl (C=O) groups excluding carboxylic acids is 2. The highest BCUT2D eigenvalue weighted by molar-refractivity contribution is 6.05. The van der Waals surface area contributed by atoms with Gasteiger partial charge >= 0.3 is 0 Å². The normalized spacial score (nSPS) is 17.5. The van der Waals surface area contributed by atoms with Gasteiger partial charge in [0, 0.05) is 48.7 Å². The van der Waals surface area contributed by atoms with Crippen molar-refractivity contribution >= 4 is 28.4 Å². The lowest BCUT2D eigenvalue weighted by Gasteiger charge is -2.36. The minimum Gasteiger partial charge on any atom is -0.348 e. The molecule has 0 unspecified atom stereocenters. The fourth-order valence-corrected chi connectivity index (χ4v) is 4.78. The maximum Gasteiger partial charge on any atom is 0.272 e. The van der Waals surface area contributed by atoms with E-state index >= 15 is 0 Å². The molecule has 3 aromatic rings. The van der Waals surface area contributed by atoms with Gasteiger partial charge in [0.15, 0.2) is 5.69 Å². The highest BCUT2D eigenvalue weighted by Gasteiger charge is 2.29. The number of rotatable bonds is 6. The minimum atomic E-state index is -0.147. The highest BCUT2D eigenvalue weighted by atomic mass is 16.2. The maximum absolute atomic E-state index is 13.1. The van der Waals surface area contributed by atoms with Crippen LogP contribution in [0, 0.1) is 11.3 Å². The van der Waals surface area contributed by atoms with E-state index < -0.39 is 0 Å². The zero-order chi connectivity index (χ0) is 24.6. The number of anilines is 1. The molecular formula is C27H34N6O2. The molecule has 1 aliphatic carbocycles. The van der Waals surface area contributed by atoms with E-state index in [9.17, 15) is 9.59 Å². The smallest absolute Gasteiger partial charge is 0.272 e. The number of aromatic nitrogens is 3. The Hall–Kier alpha value is -3.26. The molecule has 8 heteroatoms. The molecule has 2 aliphatic rings. The van der Waals surface area contributed by atoms with Gasteiger partial charge in [0.1, 0.15) is 0 Å². The first-order valence-corrected chi connectivity index (χ1v) is 12.5. The van der Waals surface area contributed by atoms with Crippen molar-refractivity contribution in [1.29, 1.82) is 0 Å². The number of piperidine rings is 1. The van der Waals surface area contributed by atoms with Crippen LogP contribution in [0.1, 0.15) is 56.9 Å². The number of fused-ring (bicyclic) bond motifs is 1. The van der Waals surface area contributed by atoms with Gasteiger partial charge in [-0.3, -0.25) is 19.7 Å². The molecule has 8 nitrogen and oxygen atoms in total. The summed E-state index contributed by atoms with van der Waals surface area (Å²) in [6.07, 6.45) is 7.22. The van der Waals surface area contributed by atoms with Gasteiger partial charge in [-0.1, -0.05) is 26.8 Å². The van der Waals surface area contributed by atoms with Crippen molar-refractivity contribution in [3.05, 3.63) is 42.4 Å². The van der Waals surface area contributed by atoms with Gasteiger partial charge in [0.2, 0.25) is 5.91 Å². The second kappa shape index (κ2) is 9.41. The molecule has 1 saturated heterocycles. The van der Waals surface area contributed by atoms with Crippen LogP contribution in [-0.4, -0.2) is 57.6 Å². The largest absolute Gasteiger partial charge is 0.348 e. The van der Waals surface area contributed by atoms with Crippen LogP contribution in [0.2, 0.25) is 0 Å². The molecular weight excluding hydrogens is 440 g/mol. The quantitative estimate of drug-likeness (QED) is 0.497. The summed E-state index contributed by atoms with van der Waals surface area (Å²) in [6, 6.07) is 7.93. The van der Waals surface area contributed by atoms with Crippen LogP contribution in [0.5, 0.6) is 0 Å². The Morgan fingerprint density at radius 2 is 1.83 bits per heavy atom. The number of nitrogens with one attached hydrogen (secondary N) is 3. The molecule has 2 amide bonds. The average Bonchev–Trinajstić information content (AvgIpc) is 3.59. The Morgan fingerprint density at radius 3 is 2.54 bits per heavy atom. The van der Waals surface area contributed by atoms with Crippen molar-refractivity contribution in [2.24, 2.45) is 11.3 Å². The third kappa shape index (κ3) is 5.70. The summed E-state index contributed by atoms with van der Waals surface area (Å²) in [6.45, 7) is 9.83. The van der Waals surface area contributed by atoms with E-state index in [1.807, 2.05) is 24.3 Å². The number of amides is 2. The first-order chi connectivity index (χ1) is 16.7. The Balaban J connectivity index is 1.28. The van der Waals surface area contributed by atoms with Crippen molar-refractivity contribution in [3.8, 4) is 11.1 Å². The Labute approximate surface area is 205 Å². The number of hydrogen-bond donors (Lipinski definition) is 3. The number of carbonyl (C=O) groups is 2. The van der Waals surface area contributed by atoms with Gasteiger partial charge in [0.25, 0.3) is 5.91 Å². The maximum atomic E-state index is 13.1. The molecule has 3 N–H and O–H groups in total. The number of H-pyrrole nitrogens is 1. The number of likely N-dealkylation sites (tertiary alicyclic amines) is 1. The van der Waals surface area contributed by atoms with Gasteiger partial charge in [-0.2, -0.15) is 5.10 Å². The molecule has 0 spiro atoms. The van der Waals surface area contributed by atoms with Crippen LogP contribution in [0.4, 0.5) is 5.69 Å². The summed E-state index contributed by atoms with van der Waals surface area (Å²) < 4.78 is 0. The molecule has 0 atom stereocenters. The lowest BCUT2D eigenvalue weighted by atomic mass is 9.94. The molecule has 0 bridgehead atoms. The predicted octanol–water partition coefficient (Wildman–Crippen LogP) is 4.21. The summed E-state index contributed by atoms with van der Waals surface area (Å²) in [5, 5.41) is 14.2. The first-order valence-electron chi connectivity index (χ1n) is 12.5. The van der Waals surface area contributed by atoms with E-state index in [1.54, 1.807) is 12.4 Å². The van der Waals surface area contributed by atoms with Crippen molar-refractivity contribution < 1.29 is 9.59 Å². The molecule has 2 aromatic heterocycles. The topological polar surface area (TPSA) is 103 Å². The van der Waals surface area contributed by atoms with Crippen LogP contribution >= 0.6 is 0 Å². The van der Waals surface area contributed by atoms with E-state index in [2.05, 4.69) is 51.5 Å². The van der Waals surface area contributed by atoms with E-state index in [0.717, 1.165) is 67.3 Å². The van der Waals surface area contributed by atoms with Crippen molar-refractivity contribution in [3.63, 3.8) is 0 Å². The van der Waals surface area contributed by atoms with E-state index in [0.29, 0.717) is 11.4 Å². The molecule has 1 aromatic carbocycles. The lowest BCUT2D eigenvalue weighted by molar-refractivity contribution is -0.117. The van der Waals surface area contributed by atoms with Crippen LogP contribution in [0.25, 0.3) is 22.0 Å². The predicted molar refractivity (Wildman–Crippen MR) is 137 cm³/mol. The number of nitrogens with zero attached hydrogens (tertiary/aromatic N) is 3. The van der Waals surface area contributed by atoms with Crippen LogP contribution in [0.15, 0.2) is 36.7 Å². The van der Waals surface area contributed by atoms with E-state index in [1.165, 1.54) is 0 Å². The average molecular weight is 475 g/mol. The first kappa shape index (κ1) is 23.5. The number of pyridine rings is 1. The molecule has 1 saturated carbocycles. The lowest BCUT2D eigenvalue weighted by Crippen LogP contribution is -2.46. The molecule has 184 valence electrons. The Kier molecular flexibility index (Phi) is 6.32. The second-order valence-electron chi connectivity index (χ2n) is 11.1. The molecule has 5 rings (SSSR count). The van der Waals surface area contributed by atoms with Crippen LogP contribution < -0.4 is 10.6 Å².